The Balaban J connectivity index is 1.64. The molecule has 2 aromatic heterocycles. The summed E-state index contributed by atoms with van der Waals surface area (Å²) >= 11 is 2.80. The largest absolute Gasteiger partial charge is 0.494 e. The molecule has 0 radical (unpaired) electrons. The molecular formula is C20H20N4O3S2. The molecule has 3 aromatic rings. The Labute approximate surface area is 176 Å². The maximum Gasteiger partial charge on any atom is 0.258 e. The molecule has 0 unspecified atom stereocenters. The lowest BCUT2D eigenvalue weighted by Gasteiger charge is -2.22. The smallest absolute Gasteiger partial charge is 0.258 e. The molecule has 0 aliphatic rings. The van der Waals surface area contributed by atoms with Crippen LogP contribution in [0.5, 0.6) is 5.75 Å². The fourth-order valence-electron chi connectivity index (χ4n) is 2.73. The minimum atomic E-state index is -0.122. The molecule has 0 atom stereocenters. The molecule has 150 valence electrons. The number of nitriles is 1. The number of nitrogens with zero attached hydrogens (tertiary/aromatic N) is 4. The lowest BCUT2D eigenvalue weighted by Crippen LogP contribution is -2.33. The van der Waals surface area contributed by atoms with Crippen LogP contribution in [-0.2, 0) is 10.5 Å². The second-order valence-corrected chi connectivity index (χ2v) is 7.87. The molecule has 0 aliphatic heterocycles. The van der Waals surface area contributed by atoms with Crippen LogP contribution in [-0.4, -0.2) is 34.2 Å². The molecule has 3 rings (SSSR count). The van der Waals surface area contributed by atoms with Gasteiger partial charge in [0.25, 0.3) is 5.56 Å². The van der Waals surface area contributed by atoms with Gasteiger partial charge in [-0.2, -0.15) is 5.26 Å². The summed E-state index contributed by atoms with van der Waals surface area (Å²) < 4.78 is 6.94. The Kier molecular flexibility index (Phi) is 7.27. The summed E-state index contributed by atoms with van der Waals surface area (Å²) in [6.07, 6.45) is 1.94. The molecule has 29 heavy (non-hydrogen) atoms. The van der Waals surface area contributed by atoms with Crippen LogP contribution in [0.2, 0.25) is 0 Å². The van der Waals surface area contributed by atoms with Crippen molar-refractivity contribution >= 4 is 39.7 Å². The Hall–Kier alpha value is -2.83. The van der Waals surface area contributed by atoms with Crippen molar-refractivity contribution in [3.8, 4) is 11.8 Å². The van der Waals surface area contributed by atoms with Crippen molar-refractivity contribution in [2.75, 3.05) is 23.8 Å². The zero-order valence-electron chi connectivity index (χ0n) is 15.9. The van der Waals surface area contributed by atoms with Crippen LogP contribution in [0.1, 0.15) is 19.0 Å². The van der Waals surface area contributed by atoms with E-state index in [-0.39, 0.29) is 23.6 Å². The molecule has 7 nitrogen and oxygen atoms in total. The zero-order chi connectivity index (χ0) is 20.6. The summed E-state index contributed by atoms with van der Waals surface area (Å²) in [5.74, 6) is 1.33. The number of carbonyl (C=O) groups is 1. The highest BCUT2D eigenvalue weighted by atomic mass is 32.2. The summed E-state index contributed by atoms with van der Waals surface area (Å²) in [5.41, 5.74) is 1.26. The van der Waals surface area contributed by atoms with E-state index in [0.29, 0.717) is 29.6 Å². The van der Waals surface area contributed by atoms with E-state index in [1.165, 1.54) is 33.6 Å². The van der Waals surface area contributed by atoms with Crippen LogP contribution in [0.15, 0.2) is 46.7 Å². The number of aromatic nitrogens is 2. The third-order valence-corrected chi connectivity index (χ3v) is 5.75. The summed E-state index contributed by atoms with van der Waals surface area (Å²) in [6.45, 7) is 2.81. The molecule has 0 saturated carbocycles. The molecule has 1 amide bonds. The first-order chi connectivity index (χ1) is 14.1. The van der Waals surface area contributed by atoms with E-state index in [9.17, 15) is 9.59 Å². The Morgan fingerprint density at radius 1 is 1.38 bits per heavy atom. The number of rotatable bonds is 9. The van der Waals surface area contributed by atoms with Gasteiger partial charge in [-0.05, 0) is 31.2 Å². The van der Waals surface area contributed by atoms with Crippen LogP contribution in [0.25, 0.3) is 4.96 Å². The number of carbonyl (C=O) groups excluding carboxylic acids is 1. The second kappa shape index (κ2) is 10.1. The first kappa shape index (κ1) is 20.9. The van der Waals surface area contributed by atoms with Gasteiger partial charge in [-0.25, -0.2) is 4.98 Å². The first-order valence-corrected chi connectivity index (χ1v) is 11.1. The van der Waals surface area contributed by atoms with Gasteiger partial charge in [0.05, 0.1) is 30.5 Å². The summed E-state index contributed by atoms with van der Waals surface area (Å²) in [4.78, 5) is 31.5. The fraction of sp³-hybridized carbons (Fsp3) is 0.300. The van der Waals surface area contributed by atoms with Gasteiger partial charge in [-0.1, -0.05) is 0 Å². The molecule has 0 aliphatic carbocycles. The Bertz CT molecular complexity index is 1070. The predicted octanol–water partition coefficient (Wildman–Crippen LogP) is 3.33. The van der Waals surface area contributed by atoms with Gasteiger partial charge < -0.3 is 9.64 Å². The summed E-state index contributed by atoms with van der Waals surface area (Å²) in [7, 11) is 0. The number of hydrogen-bond donors (Lipinski definition) is 0. The molecule has 1 aromatic carbocycles. The Morgan fingerprint density at radius 2 is 2.17 bits per heavy atom. The van der Waals surface area contributed by atoms with Crippen LogP contribution >= 0.6 is 23.1 Å². The number of ether oxygens (including phenoxy) is 1. The van der Waals surface area contributed by atoms with Gasteiger partial charge in [-0.3, -0.25) is 14.0 Å². The normalized spacial score (nSPS) is 10.6. The van der Waals surface area contributed by atoms with E-state index in [2.05, 4.69) is 11.1 Å². The van der Waals surface area contributed by atoms with Crippen LogP contribution in [0.4, 0.5) is 5.69 Å². The maximum absolute atomic E-state index is 12.8. The van der Waals surface area contributed by atoms with Crippen LogP contribution in [0, 0.1) is 11.3 Å². The van der Waals surface area contributed by atoms with Gasteiger partial charge in [-0.15, -0.1) is 23.1 Å². The van der Waals surface area contributed by atoms with E-state index in [1.807, 2.05) is 36.6 Å². The van der Waals surface area contributed by atoms with E-state index >= 15 is 0 Å². The monoisotopic (exact) mass is 428 g/mol. The number of thiazole rings is 1. The number of thioether (sulfide) groups is 1. The SMILES string of the molecule is CCOc1ccc(N(CCC#N)C(=O)CSCc2cc(=O)n3ccsc3n2)cc1. The lowest BCUT2D eigenvalue weighted by atomic mass is 10.2. The summed E-state index contributed by atoms with van der Waals surface area (Å²) in [5, 5.41) is 10.7. The third kappa shape index (κ3) is 5.37. The quantitative estimate of drug-likeness (QED) is 0.519. The standard InChI is InChI=1S/C20H20N4O3S2/c1-2-27-17-6-4-16(5-7-17)23(9-3-8-21)19(26)14-28-13-15-12-18(25)24-10-11-29-20(24)22-15/h4-7,10-12H,2-3,9,13-14H2,1H3. The van der Waals surface area contributed by atoms with Gasteiger partial charge >= 0.3 is 0 Å². The number of hydrogen-bond acceptors (Lipinski definition) is 7. The molecule has 2 heterocycles. The molecule has 0 spiro atoms. The Morgan fingerprint density at radius 3 is 2.90 bits per heavy atom. The van der Waals surface area contributed by atoms with Crippen molar-refractivity contribution in [3.63, 3.8) is 0 Å². The highest BCUT2D eigenvalue weighted by molar-refractivity contribution is 7.99. The van der Waals surface area contributed by atoms with E-state index in [4.69, 9.17) is 10.00 Å². The second-order valence-electron chi connectivity index (χ2n) is 6.01. The van der Waals surface area contributed by atoms with Crippen molar-refractivity contribution < 1.29 is 9.53 Å². The number of fused-ring (bicyclic) bond motifs is 1. The van der Waals surface area contributed by atoms with Crippen molar-refractivity contribution in [3.05, 3.63) is 58.0 Å². The van der Waals surface area contributed by atoms with Gasteiger partial charge in [0, 0.05) is 35.6 Å². The molecule has 0 bridgehead atoms. The number of amides is 1. The number of benzene rings is 1. The summed E-state index contributed by atoms with van der Waals surface area (Å²) in [6, 6.07) is 10.8. The van der Waals surface area contributed by atoms with Crippen LogP contribution < -0.4 is 15.2 Å². The average molecular weight is 429 g/mol. The zero-order valence-corrected chi connectivity index (χ0v) is 17.5. The molecule has 0 saturated heterocycles. The minimum Gasteiger partial charge on any atom is -0.494 e. The minimum absolute atomic E-state index is 0.0941. The van der Waals surface area contributed by atoms with E-state index < -0.39 is 0 Å². The molecular weight excluding hydrogens is 408 g/mol. The van der Waals surface area contributed by atoms with Crippen molar-refractivity contribution in [2.45, 2.75) is 19.1 Å². The van der Waals surface area contributed by atoms with E-state index in [1.54, 1.807) is 11.1 Å². The van der Waals surface area contributed by atoms with Crippen molar-refractivity contribution in [1.29, 1.82) is 5.26 Å². The van der Waals surface area contributed by atoms with Gasteiger partial charge in [0.2, 0.25) is 5.91 Å². The topological polar surface area (TPSA) is 87.7 Å². The van der Waals surface area contributed by atoms with Crippen LogP contribution in [0.3, 0.4) is 0 Å². The van der Waals surface area contributed by atoms with Gasteiger partial charge in [0.15, 0.2) is 4.96 Å². The molecule has 0 fully saturated rings. The van der Waals surface area contributed by atoms with Gasteiger partial charge in [0.1, 0.15) is 5.75 Å². The number of anilines is 1. The first-order valence-electron chi connectivity index (χ1n) is 9.06. The highest BCUT2D eigenvalue weighted by Gasteiger charge is 2.16. The third-order valence-electron chi connectivity index (χ3n) is 4.04. The highest BCUT2D eigenvalue weighted by Crippen LogP contribution is 2.21. The fourth-order valence-corrected chi connectivity index (χ4v) is 4.26. The molecule has 9 heteroatoms. The van der Waals surface area contributed by atoms with Crippen molar-refractivity contribution in [2.24, 2.45) is 0 Å². The lowest BCUT2D eigenvalue weighted by molar-refractivity contribution is -0.116. The van der Waals surface area contributed by atoms with Crippen molar-refractivity contribution in [1.82, 2.24) is 9.38 Å². The molecule has 0 N–H and O–H groups in total. The maximum atomic E-state index is 12.8. The van der Waals surface area contributed by atoms with E-state index in [0.717, 1.165) is 11.4 Å². The average Bonchev–Trinajstić information content (AvgIpc) is 3.19. The predicted molar refractivity (Wildman–Crippen MR) is 116 cm³/mol.